The van der Waals surface area contributed by atoms with Crippen LogP contribution in [-0.2, 0) is 19.8 Å². The molecule has 0 fully saturated rings. The Hall–Kier alpha value is -4.50. The third-order valence-electron chi connectivity index (χ3n) is 5.09. The Morgan fingerprint density at radius 1 is 1.08 bits per heavy atom. The molecule has 2 aromatic heterocycles. The molecular weight excluding hydrogens is 518 g/mol. The molecule has 37 heavy (non-hydrogen) atoms. The third-order valence-corrected chi connectivity index (χ3v) is 5.30. The second-order valence-electron chi connectivity index (χ2n) is 7.73. The number of ether oxygens (including phenoxy) is 1. The van der Waals surface area contributed by atoms with E-state index in [1.807, 2.05) is 0 Å². The quantitative estimate of drug-likeness (QED) is 0.351. The molecule has 0 aliphatic heterocycles. The van der Waals surface area contributed by atoms with E-state index in [2.05, 4.69) is 10.1 Å². The highest BCUT2D eigenvalue weighted by Crippen LogP contribution is 2.35. The summed E-state index contributed by atoms with van der Waals surface area (Å²) in [4.78, 5) is 29.0. The van der Waals surface area contributed by atoms with Crippen LogP contribution in [0.1, 0.15) is 17.0 Å². The number of alkyl halides is 3. The average molecular weight is 532 g/mol. The largest absolute Gasteiger partial charge is 0.449 e. The van der Waals surface area contributed by atoms with E-state index in [4.69, 9.17) is 21.6 Å². The van der Waals surface area contributed by atoms with Crippen LogP contribution in [0.2, 0.25) is 5.02 Å². The highest BCUT2D eigenvalue weighted by atomic mass is 35.5. The van der Waals surface area contributed by atoms with Crippen LogP contribution in [0, 0.1) is 17.1 Å². The van der Waals surface area contributed by atoms with E-state index in [9.17, 15) is 27.2 Å². The van der Waals surface area contributed by atoms with Gasteiger partial charge in [-0.25, -0.2) is 14.1 Å². The van der Waals surface area contributed by atoms with Gasteiger partial charge in [0.05, 0.1) is 35.8 Å². The van der Waals surface area contributed by atoms with Crippen molar-refractivity contribution in [2.24, 2.45) is 7.05 Å². The Labute approximate surface area is 210 Å². The molecule has 0 atom stereocenters. The summed E-state index contributed by atoms with van der Waals surface area (Å²) in [5.74, 6) is -1.92. The molecule has 2 heterocycles. The molecule has 0 unspecified atom stereocenters. The van der Waals surface area contributed by atoms with Crippen molar-refractivity contribution >= 4 is 11.6 Å². The Balaban J connectivity index is 1.79. The monoisotopic (exact) mass is 531 g/mol. The van der Waals surface area contributed by atoms with Gasteiger partial charge >= 0.3 is 6.18 Å². The molecule has 13 heteroatoms. The predicted octanol–water partition coefficient (Wildman–Crippen LogP) is 4.53. The van der Waals surface area contributed by atoms with Gasteiger partial charge in [-0.2, -0.15) is 23.5 Å². The Bertz CT molecular complexity index is 1660. The lowest BCUT2D eigenvalue weighted by atomic mass is 10.1. The summed E-state index contributed by atoms with van der Waals surface area (Å²) in [7, 11) is 1.35. The molecule has 4 aromatic rings. The SMILES string of the molecule is Cn1nc(Cn2cnc(C(F)(F)F)c(Oc3cc(Cl)cc(C#N)c3)c2=O)cc(-c2ccc(F)cc2)c1=O. The minimum Gasteiger partial charge on any atom is -0.449 e. The second-order valence-corrected chi connectivity index (χ2v) is 8.16. The molecule has 0 saturated carbocycles. The lowest BCUT2D eigenvalue weighted by Crippen LogP contribution is -2.28. The van der Waals surface area contributed by atoms with Gasteiger partial charge in [-0.1, -0.05) is 23.7 Å². The molecule has 0 amide bonds. The Kier molecular flexibility index (Phi) is 6.82. The number of aromatic nitrogens is 4. The van der Waals surface area contributed by atoms with Gasteiger partial charge in [0.15, 0.2) is 5.69 Å². The van der Waals surface area contributed by atoms with E-state index in [1.54, 1.807) is 6.07 Å². The number of hydrogen-bond donors (Lipinski definition) is 0. The number of nitriles is 1. The first-order chi connectivity index (χ1) is 17.5. The van der Waals surface area contributed by atoms with Gasteiger partial charge in [0, 0.05) is 12.1 Å². The lowest BCUT2D eigenvalue weighted by Gasteiger charge is -2.15. The van der Waals surface area contributed by atoms with Gasteiger partial charge in [0.1, 0.15) is 11.6 Å². The van der Waals surface area contributed by atoms with Crippen molar-refractivity contribution in [3.05, 3.63) is 103 Å². The van der Waals surface area contributed by atoms with Gasteiger partial charge in [0.25, 0.3) is 11.1 Å². The van der Waals surface area contributed by atoms with Crippen LogP contribution >= 0.6 is 11.6 Å². The minimum absolute atomic E-state index is 0.00278. The average Bonchev–Trinajstić information content (AvgIpc) is 2.83. The van der Waals surface area contributed by atoms with Crippen molar-refractivity contribution in [2.75, 3.05) is 0 Å². The van der Waals surface area contributed by atoms with Crippen molar-refractivity contribution in [1.82, 2.24) is 19.3 Å². The molecule has 0 spiro atoms. The Morgan fingerprint density at radius 3 is 2.43 bits per heavy atom. The maximum atomic E-state index is 13.6. The molecule has 8 nitrogen and oxygen atoms in total. The maximum Gasteiger partial charge on any atom is 0.437 e. The molecule has 0 aliphatic rings. The van der Waals surface area contributed by atoms with Crippen LogP contribution in [-0.4, -0.2) is 19.3 Å². The van der Waals surface area contributed by atoms with Gasteiger partial charge < -0.3 is 4.74 Å². The summed E-state index contributed by atoms with van der Waals surface area (Å²) >= 11 is 5.90. The molecule has 0 N–H and O–H groups in total. The number of nitrogens with zero attached hydrogens (tertiary/aromatic N) is 5. The molecular formula is C24H14ClF4N5O3. The van der Waals surface area contributed by atoms with Gasteiger partial charge in [-0.05, 0) is 42.0 Å². The van der Waals surface area contributed by atoms with E-state index >= 15 is 0 Å². The van der Waals surface area contributed by atoms with Gasteiger partial charge in [-0.15, -0.1) is 0 Å². The topological polar surface area (TPSA) is 103 Å². The zero-order valence-electron chi connectivity index (χ0n) is 18.8. The predicted molar refractivity (Wildman–Crippen MR) is 124 cm³/mol. The van der Waals surface area contributed by atoms with Crippen LogP contribution in [0.15, 0.2) is 64.4 Å². The third kappa shape index (κ3) is 5.52. The Morgan fingerprint density at radius 2 is 1.78 bits per heavy atom. The van der Waals surface area contributed by atoms with Gasteiger partial charge in [0.2, 0.25) is 5.75 Å². The van der Waals surface area contributed by atoms with Crippen LogP contribution in [0.5, 0.6) is 11.5 Å². The summed E-state index contributed by atoms with van der Waals surface area (Å²) in [6.07, 6.45) is -4.35. The first-order valence-corrected chi connectivity index (χ1v) is 10.7. The number of halogens is 5. The van der Waals surface area contributed by atoms with E-state index in [1.165, 1.54) is 31.3 Å². The number of benzene rings is 2. The van der Waals surface area contributed by atoms with Crippen molar-refractivity contribution < 1.29 is 22.3 Å². The second kappa shape index (κ2) is 9.87. The molecule has 0 aliphatic carbocycles. The van der Waals surface area contributed by atoms with Crippen LogP contribution in [0.4, 0.5) is 17.6 Å². The van der Waals surface area contributed by atoms with Gasteiger partial charge in [-0.3, -0.25) is 14.2 Å². The highest BCUT2D eigenvalue weighted by molar-refractivity contribution is 6.30. The summed E-state index contributed by atoms with van der Waals surface area (Å²) in [6.45, 7) is -0.373. The van der Waals surface area contributed by atoms with Crippen LogP contribution in [0.25, 0.3) is 11.1 Å². The summed E-state index contributed by atoms with van der Waals surface area (Å²) in [5.41, 5.74) is -2.63. The zero-order chi connectivity index (χ0) is 26.9. The molecule has 4 rings (SSSR count). The van der Waals surface area contributed by atoms with E-state index in [0.717, 1.165) is 33.5 Å². The fourth-order valence-corrected chi connectivity index (χ4v) is 3.66. The van der Waals surface area contributed by atoms with Crippen LogP contribution < -0.4 is 15.9 Å². The summed E-state index contributed by atoms with van der Waals surface area (Å²) < 4.78 is 61.3. The number of hydrogen-bond acceptors (Lipinski definition) is 6. The smallest absolute Gasteiger partial charge is 0.437 e. The van der Waals surface area contributed by atoms with Crippen LogP contribution in [0.3, 0.4) is 0 Å². The first-order valence-electron chi connectivity index (χ1n) is 10.3. The highest BCUT2D eigenvalue weighted by Gasteiger charge is 2.38. The minimum atomic E-state index is -5.03. The zero-order valence-corrected chi connectivity index (χ0v) is 19.5. The number of aryl methyl sites for hydroxylation is 1. The first kappa shape index (κ1) is 25.6. The van der Waals surface area contributed by atoms with Crippen molar-refractivity contribution in [1.29, 1.82) is 5.26 Å². The molecule has 0 bridgehead atoms. The normalized spacial score (nSPS) is 11.3. The summed E-state index contributed by atoms with van der Waals surface area (Å²) in [5, 5.41) is 13.2. The van der Waals surface area contributed by atoms with Crippen molar-refractivity contribution in [3.8, 4) is 28.7 Å². The lowest BCUT2D eigenvalue weighted by molar-refractivity contribution is -0.142. The molecule has 0 saturated heterocycles. The molecule has 0 radical (unpaired) electrons. The maximum absolute atomic E-state index is 13.6. The molecule has 2 aromatic carbocycles. The fourth-order valence-electron chi connectivity index (χ4n) is 3.44. The standard InChI is InChI=1S/C24H14ClF4N5O3/c1-33-22(35)19(14-2-4-16(26)5-3-14)9-17(32-33)11-34-12-31-21(24(27,28)29)20(23(34)36)37-18-7-13(10-30)6-15(25)8-18/h2-9,12H,11H2,1H3. The number of rotatable bonds is 5. The summed E-state index contributed by atoms with van der Waals surface area (Å²) in [6, 6.07) is 11.7. The fraction of sp³-hybridized carbons (Fsp3) is 0.125. The van der Waals surface area contributed by atoms with E-state index in [0.29, 0.717) is 11.9 Å². The van der Waals surface area contributed by atoms with Crippen molar-refractivity contribution in [2.45, 2.75) is 12.7 Å². The molecule has 188 valence electrons. The van der Waals surface area contributed by atoms with E-state index < -0.39 is 34.6 Å². The van der Waals surface area contributed by atoms with E-state index in [-0.39, 0.29) is 34.1 Å². The van der Waals surface area contributed by atoms with Crippen molar-refractivity contribution in [3.63, 3.8) is 0 Å².